The number of nitrogens with zero attached hydrogens (tertiary/aromatic N) is 4. The summed E-state index contributed by atoms with van der Waals surface area (Å²) in [6.45, 7) is 9.12. The molecule has 0 unspecified atom stereocenters. The fourth-order valence-electron chi connectivity index (χ4n) is 5.81. The minimum Gasteiger partial charge on any atom is -0.478 e. The van der Waals surface area contributed by atoms with E-state index in [-0.39, 0.29) is 29.7 Å². The Bertz CT molecular complexity index is 1360. The molecule has 2 saturated heterocycles. The van der Waals surface area contributed by atoms with Crippen LogP contribution in [0.5, 0.6) is 6.01 Å². The number of piperidine rings is 1. The molecule has 2 amide bonds. The van der Waals surface area contributed by atoms with Crippen LogP contribution in [0.3, 0.4) is 0 Å². The molecule has 0 bridgehead atoms. The van der Waals surface area contributed by atoms with Crippen LogP contribution in [0.15, 0.2) is 42.5 Å². The second kappa shape index (κ2) is 19.5. The van der Waals surface area contributed by atoms with Gasteiger partial charge in [-0.1, -0.05) is 32.0 Å². The largest absolute Gasteiger partial charge is 0.478 e. The molecule has 14 heteroatoms. The average molecular weight is 672 g/mol. The number of aliphatic carboxylic acids is 2. The number of amides is 2. The Kier molecular flexibility index (Phi) is 15.5. The van der Waals surface area contributed by atoms with Gasteiger partial charge in [-0.3, -0.25) is 14.2 Å². The normalized spacial score (nSPS) is 17.9. The van der Waals surface area contributed by atoms with Crippen LogP contribution in [0.1, 0.15) is 49.3 Å². The van der Waals surface area contributed by atoms with E-state index in [1.54, 1.807) is 14.2 Å². The SMILES string of the molecule is COCCCCc1c(C(=O)N(CC(C)C)[C@@H]2CNC[C@H](C(=O)N3CCOCC3)C2)nc(OC)n1-c1ccccc1.O=C(O)/C=C/C(=O)O. The maximum absolute atomic E-state index is 14.4. The van der Waals surface area contributed by atoms with E-state index in [1.807, 2.05) is 44.7 Å². The summed E-state index contributed by atoms with van der Waals surface area (Å²) in [5, 5.41) is 19.1. The number of ether oxygens (including phenoxy) is 3. The third-order valence-corrected chi connectivity index (χ3v) is 7.98. The molecule has 0 spiro atoms. The van der Waals surface area contributed by atoms with Gasteiger partial charge in [-0.05, 0) is 43.7 Å². The molecule has 264 valence electrons. The van der Waals surface area contributed by atoms with E-state index in [9.17, 15) is 19.2 Å². The molecule has 14 nitrogen and oxygen atoms in total. The third kappa shape index (κ3) is 11.2. The highest BCUT2D eigenvalue weighted by Gasteiger charge is 2.37. The molecule has 48 heavy (non-hydrogen) atoms. The zero-order chi connectivity index (χ0) is 35.1. The van der Waals surface area contributed by atoms with Crippen LogP contribution < -0.4 is 10.1 Å². The first-order valence-corrected chi connectivity index (χ1v) is 16.3. The van der Waals surface area contributed by atoms with Gasteiger partial charge in [0, 0.05) is 64.6 Å². The van der Waals surface area contributed by atoms with Gasteiger partial charge in [-0.15, -0.1) is 0 Å². The van der Waals surface area contributed by atoms with E-state index in [2.05, 4.69) is 19.2 Å². The lowest BCUT2D eigenvalue weighted by Gasteiger charge is -2.40. The lowest BCUT2D eigenvalue weighted by Crippen LogP contribution is -2.56. The Balaban J connectivity index is 0.000000694. The maximum atomic E-state index is 14.4. The number of hydrogen-bond acceptors (Lipinski definition) is 9. The van der Waals surface area contributed by atoms with Gasteiger partial charge < -0.3 is 39.5 Å². The summed E-state index contributed by atoms with van der Waals surface area (Å²) >= 11 is 0. The second-order valence-electron chi connectivity index (χ2n) is 12.1. The molecule has 2 aromatic rings. The lowest BCUT2D eigenvalue weighted by atomic mass is 9.92. The van der Waals surface area contributed by atoms with Crippen LogP contribution in [0.4, 0.5) is 0 Å². The van der Waals surface area contributed by atoms with Crippen molar-refractivity contribution >= 4 is 23.8 Å². The van der Waals surface area contributed by atoms with Gasteiger partial charge in [-0.2, -0.15) is 4.98 Å². The fraction of sp³-hybridized carbons (Fsp3) is 0.559. The number of carbonyl (C=O) groups is 4. The number of carbonyl (C=O) groups excluding carboxylic acids is 2. The molecule has 2 atom stereocenters. The standard InChI is InChI=1S/C30H45N5O5.C4H4O4/c1-22(2)21-34(25-18-23(19-31-20-25)28(36)33-13-16-40-17-14-33)29(37)27-26(12-8-9-15-38-3)35(30(32-27)39-4)24-10-6-5-7-11-24;5-3(6)1-2-4(7)8/h5-7,10-11,22-23,25,31H,8-9,12-21H2,1-4H3;1-2H,(H,5,6)(H,7,8)/b;2-1+/t23-,25+;/m1./s1. The molecule has 0 radical (unpaired) electrons. The number of para-hydroxylation sites is 1. The number of carboxylic acid groups (broad SMARTS) is 2. The monoisotopic (exact) mass is 671 g/mol. The summed E-state index contributed by atoms with van der Waals surface area (Å²) < 4.78 is 18.4. The van der Waals surface area contributed by atoms with Gasteiger partial charge in [-0.25, -0.2) is 9.59 Å². The van der Waals surface area contributed by atoms with Crippen molar-refractivity contribution in [3.05, 3.63) is 53.9 Å². The number of carboxylic acids is 2. The molecule has 2 fully saturated rings. The molecule has 2 aliphatic heterocycles. The Labute approximate surface area is 281 Å². The highest BCUT2D eigenvalue weighted by Crippen LogP contribution is 2.29. The number of morpholine rings is 1. The smallest absolute Gasteiger partial charge is 0.328 e. The summed E-state index contributed by atoms with van der Waals surface area (Å²) in [6, 6.07) is 10.2. The van der Waals surface area contributed by atoms with Crippen LogP contribution in [-0.2, 0) is 30.3 Å². The molecule has 3 heterocycles. The Morgan fingerprint density at radius 2 is 1.71 bits per heavy atom. The Morgan fingerprint density at radius 1 is 1.04 bits per heavy atom. The van der Waals surface area contributed by atoms with Gasteiger partial charge >= 0.3 is 17.9 Å². The zero-order valence-corrected chi connectivity index (χ0v) is 28.3. The highest BCUT2D eigenvalue weighted by molar-refractivity contribution is 5.94. The molecule has 1 aromatic heterocycles. The van der Waals surface area contributed by atoms with Gasteiger partial charge in [0.15, 0.2) is 5.69 Å². The number of aromatic nitrogens is 2. The van der Waals surface area contributed by atoms with Crippen molar-refractivity contribution in [1.29, 1.82) is 0 Å². The highest BCUT2D eigenvalue weighted by atomic mass is 16.5. The fourth-order valence-corrected chi connectivity index (χ4v) is 5.81. The first kappa shape index (κ1) is 38.2. The van der Waals surface area contributed by atoms with E-state index in [1.165, 1.54) is 0 Å². The first-order valence-electron chi connectivity index (χ1n) is 16.3. The summed E-state index contributed by atoms with van der Waals surface area (Å²) in [4.78, 5) is 55.5. The number of imidazole rings is 1. The Hall–Kier alpha value is -4.27. The number of benzene rings is 1. The van der Waals surface area contributed by atoms with Crippen molar-refractivity contribution < 1.29 is 43.6 Å². The van der Waals surface area contributed by atoms with E-state index < -0.39 is 11.9 Å². The molecular formula is C34H49N5O9. The minimum absolute atomic E-state index is 0.116. The topological polar surface area (TPSA) is 173 Å². The number of rotatable bonds is 14. The second-order valence-corrected chi connectivity index (χ2v) is 12.1. The molecular weight excluding hydrogens is 622 g/mol. The predicted octanol–water partition coefficient (Wildman–Crippen LogP) is 2.50. The first-order chi connectivity index (χ1) is 23.1. The number of hydrogen-bond donors (Lipinski definition) is 3. The molecule has 3 N–H and O–H groups in total. The van der Waals surface area contributed by atoms with E-state index in [0.717, 1.165) is 24.2 Å². The number of methoxy groups -OCH3 is 2. The van der Waals surface area contributed by atoms with E-state index in [0.29, 0.717) is 89.2 Å². The molecule has 2 aliphatic rings. The quantitative estimate of drug-likeness (QED) is 0.199. The van der Waals surface area contributed by atoms with Crippen molar-refractivity contribution in [3.63, 3.8) is 0 Å². The van der Waals surface area contributed by atoms with Crippen LogP contribution in [0.2, 0.25) is 0 Å². The van der Waals surface area contributed by atoms with Crippen LogP contribution in [-0.4, -0.2) is 126 Å². The molecule has 0 aliphatic carbocycles. The zero-order valence-electron chi connectivity index (χ0n) is 28.3. The van der Waals surface area contributed by atoms with Crippen molar-refractivity contribution in [2.45, 2.75) is 45.6 Å². The van der Waals surface area contributed by atoms with Crippen molar-refractivity contribution in [2.24, 2.45) is 11.8 Å². The van der Waals surface area contributed by atoms with Gasteiger partial charge in [0.05, 0.1) is 37.6 Å². The van der Waals surface area contributed by atoms with Gasteiger partial charge in [0.1, 0.15) is 0 Å². The molecule has 1 aromatic carbocycles. The number of unbranched alkanes of at least 4 members (excludes halogenated alkanes) is 1. The maximum Gasteiger partial charge on any atom is 0.328 e. The summed E-state index contributed by atoms with van der Waals surface area (Å²) in [6.07, 6.45) is 4.12. The summed E-state index contributed by atoms with van der Waals surface area (Å²) in [7, 11) is 3.29. The predicted molar refractivity (Wildman–Crippen MR) is 177 cm³/mol. The van der Waals surface area contributed by atoms with Gasteiger partial charge in [0.2, 0.25) is 5.91 Å². The van der Waals surface area contributed by atoms with E-state index >= 15 is 0 Å². The van der Waals surface area contributed by atoms with Gasteiger partial charge in [0.25, 0.3) is 5.91 Å². The third-order valence-electron chi connectivity index (χ3n) is 7.98. The van der Waals surface area contributed by atoms with Crippen LogP contribution >= 0.6 is 0 Å². The van der Waals surface area contributed by atoms with Crippen molar-refractivity contribution in [1.82, 2.24) is 24.7 Å². The van der Waals surface area contributed by atoms with Crippen LogP contribution in [0, 0.1) is 11.8 Å². The van der Waals surface area contributed by atoms with Crippen LogP contribution in [0.25, 0.3) is 5.69 Å². The minimum atomic E-state index is -1.26. The van der Waals surface area contributed by atoms with Crippen molar-refractivity contribution in [3.8, 4) is 11.7 Å². The average Bonchev–Trinajstić information content (AvgIpc) is 3.47. The van der Waals surface area contributed by atoms with E-state index in [4.69, 9.17) is 29.4 Å². The molecule has 4 rings (SSSR count). The summed E-state index contributed by atoms with van der Waals surface area (Å²) in [5.74, 6) is -2.41. The Morgan fingerprint density at radius 3 is 2.29 bits per heavy atom. The lowest BCUT2D eigenvalue weighted by molar-refractivity contribution is -0.140. The number of nitrogens with one attached hydrogen (secondary N) is 1. The summed E-state index contributed by atoms with van der Waals surface area (Å²) in [5.41, 5.74) is 2.15. The molecule has 0 saturated carbocycles. The van der Waals surface area contributed by atoms with Crippen molar-refractivity contribution in [2.75, 3.05) is 66.8 Å².